The monoisotopic (exact) mass is 278 g/mol. The summed E-state index contributed by atoms with van der Waals surface area (Å²) in [6, 6.07) is 8.15. The van der Waals surface area contributed by atoms with Gasteiger partial charge in [-0.2, -0.15) is 0 Å². The van der Waals surface area contributed by atoms with Crippen molar-refractivity contribution in [3.63, 3.8) is 0 Å². The van der Waals surface area contributed by atoms with Gasteiger partial charge < -0.3 is 15.8 Å². The topological polar surface area (TPSA) is 81.4 Å². The number of carbonyl (C=O) groups is 2. The van der Waals surface area contributed by atoms with Crippen molar-refractivity contribution in [3.8, 4) is 0 Å². The zero-order valence-corrected chi connectivity index (χ0v) is 12.1. The van der Waals surface area contributed by atoms with Gasteiger partial charge >= 0.3 is 5.97 Å². The molecule has 1 aromatic carbocycles. The molecule has 20 heavy (non-hydrogen) atoms. The van der Waals surface area contributed by atoms with Gasteiger partial charge in [0.15, 0.2) is 0 Å². The number of methoxy groups -OCH3 is 1. The smallest absolute Gasteiger partial charge is 0.328 e. The van der Waals surface area contributed by atoms with Crippen LogP contribution in [0.15, 0.2) is 30.3 Å². The summed E-state index contributed by atoms with van der Waals surface area (Å²) in [6.07, 6.45) is 0.429. The summed E-state index contributed by atoms with van der Waals surface area (Å²) < 4.78 is 4.68. The van der Waals surface area contributed by atoms with E-state index in [1.165, 1.54) is 7.11 Å². The zero-order valence-electron chi connectivity index (χ0n) is 12.1. The Balaban J connectivity index is 2.62. The van der Waals surface area contributed by atoms with Gasteiger partial charge in [0.25, 0.3) is 0 Å². The highest BCUT2D eigenvalue weighted by Crippen LogP contribution is 2.06. The second-order valence-corrected chi connectivity index (χ2v) is 5.05. The lowest BCUT2D eigenvalue weighted by atomic mass is 10.0. The van der Waals surface area contributed by atoms with Gasteiger partial charge in [0.1, 0.15) is 6.04 Å². The fourth-order valence-corrected chi connectivity index (χ4v) is 1.85. The minimum absolute atomic E-state index is 0.0599. The van der Waals surface area contributed by atoms with E-state index >= 15 is 0 Å². The number of esters is 1. The summed E-state index contributed by atoms with van der Waals surface area (Å²) >= 11 is 0. The van der Waals surface area contributed by atoms with Gasteiger partial charge in [0.2, 0.25) is 5.91 Å². The van der Waals surface area contributed by atoms with Crippen LogP contribution in [0, 0.1) is 5.92 Å². The van der Waals surface area contributed by atoms with Crippen molar-refractivity contribution in [2.24, 2.45) is 11.7 Å². The summed E-state index contributed by atoms with van der Waals surface area (Å²) in [7, 11) is 1.30. The average molecular weight is 278 g/mol. The molecule has 0 saturated carbocycles. The third-order valence-electron chi connectivity index (χ3n) is 3.05. The highest BCUT2D eigenvalue weighted by Gasteiger charge is 2.27. The quantitative estimate of drug-likeness (QED) is 0.757. The van der Waals surface area contributed by atoms with Crippen LogP contribution < -0.4 is 11.1 Å². The molecule has 0 aromatic heterocycles. The number of nitrogens with one attached hydrogen (secondary N) is 1. The number of hydrogen-bond acceptors (Lipinski definition) is 4. The second kappa shape index (κ2) is 7.65. The van der Waals surface area contributed by atoms with E-state index in [1.54, 1.807) is 0 Å². The predicted octanol–water partition coefficient (Wildman–Crippen LogP) is 0.870. The Hall–Kier alpha value is -1.88. The normalized spacial score (nSPS) is 13.7. The molecular weight excluding hydrogens is 256 g/mol. The van der Waals surface area contributed by atoms with Crippen LogP contribution in [0.5, 0.6) is 0 Å². The number of rotatable bonds is 6. The van der Waals surface area contributed by atoms with Crippen molar-refractivity contribution in [2.45, 2.75) is 32.4 Å². The van der Waals surface area contributed by atoms with E-state index in [2.05, 4.69) is 10.1 Å². The predicted molar refractivity (Wildman–Crippen MR) is 76.9 cm³/mol. The lowest BCUT2D eigenvalue weighted by molar-refractivity contribution is -0.146. The number of hydrogen-bond donors (Lipinski definition) is 2. The van der Waals surface area contributed by atoms with E-state index in [0.717, 1.165) is 5.56 Å². The van der Waals surface area contributed by atoms with Crippen molar-refractivity contribution >= 4 is 11.9 Å². The molecule has 0 bridgehead atoms. The van der Waals surface area contributed by atoms with E-state index < -0.39 is 18.1 Å². The molecule has 0 saturated heterocycles. The molecule has 3 N–H and O–H groups in total. The molecule has 1 amide bonds. The Morgan fingerprint density at radius 1 is 1.25 bits per heavy atom. The van der Waals surface area contributed by atoms with Crippen LogP contribution in [-0.2, 0) is 20.7 Å². The number of amides is 1. The summed E-state index contributed by atoms with van der Waals surface area (Å²) in [4.78, 5) is 23.6. The summed E-state index contributed by atoms with van der Waals surface area (Å²) in [6.45, 7) is 3.68. The van der Waals surface area contributed by atoms with Crippen LogP contribution >= 0.6 is 0 Å². The summed E-state index contributed by atoms with van der Waals surface area (Å²) in [5.74, 6) is -0.867. The van der Waals surface area contributed by atoms with E-state index in [4.69, 9.17) is 5.73 Å². The maximum atomic E-state index is 12.0. The van der Waals surface area contributed by atoms with Crippen molar-refractivity contribution < 1.29 is 14.3 Å². The van der Waals surface area contributed by atoms with Crippen LogP contribution in [0.1, 0.15) is 19.4 Å². The van der Waals surface area contributed by atoms with Gasteiger partial charge in [0.05, 0.1) is 13.2 Å². The fourth-order valence-electron chi connectivity index (χ4n) is 1.85. The Morgan fingerprint density at radius 3 is 2.35 bits per heavy atom. The van der Waals surface area contributed by atoms with Crippen LogP contribution in [0.2, 0.25) is 0 Å². The van der Waals surface area contributed by atoms with Gasteiger partial charge in [-0.3, -0.25) is 4.79 Å². The van der Waals surface area contributed by atoms with Gasteiger partial charge in [-0.05, 0) is 17.9 Å². The molecule has 1 rings (SSSR count). The lowest BCUT2D eigenvalue weighted by Crippen LogP contribution is -2.51. The van der Waals surface area contributed by atoms with E-state index in [1.807, 2.05) is 44.2 Å². The number of benzene rings is 1. The minimum atomic E-state index is -0.691. The molecule has 0 aliphatic carbocycles. The molecule has 1 unspecified atom stereocenters. The SMILES string of the molecule is COC(=O)C(NC(=O)[C@@H](N)Cc1ccccc1)C(C)C. The highest BCUT2D eigenvalue weighted by molar-refractivity contribution is 5.87. The number of nitrogens with two attached hydrogens (primary N) is 1. The maximum absolute atomic E-state index is 12.0. The van der Waals surface area contributed by atoms with Crippen molar-refractivity contribution in [2.75, 3.05) is 7.11 Å². The first-order valence-electron chi connectivity index (χ1n) is 6.63. The Kier molecular flexibility index (Phi) is 6.18. The van der Waals surface area contributed by atoms with E-state index in [0.29, 0.717) is 6.42 Å². The third kappa shape index (κ3) is 4.66. The van der Waals surface area contributed by atoms with Gasteiger partial charge in [-0.25, -0.2) is 4.79 Å². The van der Waals surface area contributed by atoms with Crippen molar-refractivity contribution in [1.82, 2.24) is 5.32 Å². The zero-order chi connectivity index (χ0) is 15.1. The van der Waals surface area contributed by atoms with Crippen LogP contribution in [-0.4, -0.2) is 31.1 Å². The van der Waals surface area contributed by atoms with Crippen LogP contribution in [0.4, 0.5) is 0 Å². The van der Waals surface area contributed by atoms with Crippen LogP contribution in [0.25, 0.3) is 0 Å². The molecule has 0 heterocycles. The van der Waals surface area contributed by atoms with Crippen molar-refractivity contribution in [1.29, 1.82) is 0 Å². The molecule has 0 spiro atoms. The molecule has 0 fully saturated rings. The largest absolute Gasteiger partial charge is 0.467 e. The molecule has 2 atom stereocenters. The molecule has 5 nitrogen and oxygen atoms in total. The molecule has 110 valence electrons. The number of ether oxygens (including phenoxy) is 1. The molecule has 1 aromatic rings. The Labute approximate surface area is 119 Å². The van der Waals surface area contributed by atoms with Gasteiger partial charge in [-0.1, -0.05) is 44.2 Å². The summed E-state index contributed by atoms with van der Waals surface area (Å²) in [5.41, 5.74) is 6.86. The first kappa shape index (κ1) is 16.2. The molecule has 0 radical (unpaired) electrons. The lowest BCUT2D eigenvalue weighted by Gasteiger charge is -2.22. The van der Waals surface area contributed by atoms with Crippen molar-refractivity contribution in [3.05, 3.63) is 35.9 Å². The van der Waals surface area contributed by atoms with E-state index in [-0.39, 0.29) is 11.8 Å². The summed E-state index contributed by atoms with van der Waals surface area (Å²) in [5, 5.41) is 2.65. The van der Waals surface area contributed by atoms with Gasteiger partial charge in [0, 0.05) is 0 Å². The standard InChI is InChI=1S/C15H22N2O3/c1-10(2)13(15(19)20-3)17-14(18)12(16)9-11-7-5-4-6-8-11/h4-8,10,12-13H,9,16H2,1-3H3,(H,17,18)/t12-,13?/m0/s1. The minimum Gasteiger partial charge on any atom is -0.467 e. The fraction of sp³-hybridized carbons (Fsp3) is 0.467. The average Bonchev–Trinajstić information content (AvgIpc) is 2.44. The molecule has 0 aliphatic heterocycles. The van der Waals surface area contributed by atoms with Gasteiger partial charge in [-0.15, -0.1) is 0 Å². The Morgan fingerprint density at radius 2 is 1.85 bits per heavy atom. The number of carbonyl (C=O) groups excluding carboxylic acids is 2. The first-order valence-corrected chi connectivity index (χ1v) is 6.63. The maximum Gasteiger partial charge on any atom is 0.328 e. The highest BCUT2D eigenvalue weighted by atomic mass is 16.5. The Bertz CT molecular complexity index is 446. The molecule has 0 aliphatic rings. The molecule has 5 heteroatoms. The molecular formula is C15H22N2O3. The second-order valence-electron chi connectivity index (χ2n) is 5.05. The van der Waals surface area contributed by atoms with E-state index in [9.17, 15) is 9.59 Å². The third-order valence-corrected chi connectivity index (χ3v) is 3.05. The van der Waals surface area contributed by atoms with Crippen LogP contribution in [0.3, 0.4) is 0 Å². The first-order chi connectivity index (χ1) is 9.45.